The Morgan fingerprint density at radius 1 is 0.850 bits per heavy atom. The number of benzene rings is 2. The molecule has 0 saturated heterocycles. The van der Waals surface area contributed by atoms with Crippen molar-refractivity contribution in [1.82, 2.24) is 4.90 Å². The van der Waals surface area contributed by atoms with Crippen molar-refractivity contribution in [2.45, 2.75) is 32.6 Å². The Kier molecular flexibility index (Phi) is 5.75. The van der Waals surface area contributed by atoms with Gasteiger partial charge >= 0.3 is 0 Å². The molecule has 106 valence electrons. The van der Waals surface area contributed by atoms with Crippen molar-refractivity contribution >= 4 is 0 Å². The van der Waals surface area contributed by atoms with Crippen LogP contribution in [0, 0.1) is 0 Å². The highest BCUT2D eigenvalue weighted by atomic mass is 19.1. The minimum absolute atomic E-state index is 0.583. The fourth-order valence-corrected chi connectivity index (χ4v) is 2.26. The second-order valence-corrected chi connectivity index (χ2v) is 5.25. The fraction of sp³-hybridized carbons (Fsp3) is 0.333. The zero-order valence-electron chi connectivity index (χ0n) is 12.0. The van der Waals surface area contributed by atoms with Gasteiger partial charge in [0.25, 0.3) is 0 Å². The van der Waals surface area contributed by atoms with Crippen molar-refractivity contribution in [2.75, 3.05) is 6.54 Å². The van der Waals surface area contributed by atoms with E-state index in [9.17, 15) is 4.39 Å². The standard InChI is InChI=1S/C18H22FN/c1-16(19)12-13-20(14-17-8-4-2-5-9-17)15-18-10-6-3-7-11-18/h2-11,16H,12-15H2,1H3. The Labute approximate surface area is 121 Å². The van der Waals surface area contributed by atoms with Gasteiger partial charge in [0.05, 0.1) is 6.17 Å². The number of alkyl halides is 1. The van der Waals surface area contributed by atoms with Crippen LogP contribution in [0.5, 0.6) is 0 Å². The van der Waals surface area contributed by atoms with Crippen LogP contribution in [0.15, 0.2) is 60.7 Å². The quantitative estimate of drug-likeness (QED) is 0.719. The van der Waals surface area contributed by atoms with Crippen molar-refractivity contribution in [1.29, 1.82) is 0 Å². The average Bonchev–Trinajstić information content (AvgIpc) is 2.47. The zero-order valence-corrected chi connectivity index (χ0v) is 12.0. The van der Waals surface area contributed by atoms with Gasteiger partial charge in [0, 0.05) is 19.6 Å². The highest BCUT2D eigenvalue weighted by molar-refractivity contribution is 5.17. The van der Waals surface area contributed by atoms with Crippen LogP contribution < -0.4 is 0 Å². The number of nitrogens with zero attached hydrogens (tertiary/aromatic N) is 1. The summed E-state index contributed by atoms with van der Waals surface area (Å²) in [4.78, 5) is 2.31. The SMILES string of the molecule is CC(F)CCN(Cc1ccccc1)Cc1ccccc1. The maximum absolute atomic E-state index is 13.1. The summed E-state index contributed by atoms with van der Waals surface area (Å²) in [6.07, 6.45) is -0.163. The Morgan fingerprint density at radius 2 is 1.30 bits per heavy atom. The van der Waals surface area contributed by atoms with Gasteiger partial charge in [-0.2, -0.15) is 0 Å². The Balaban J connectivity index is 2.00. The lowest BCUT2D eigenvalue weighted by Crippen LogP contribution is -2.25. The second-order valence-electron chi connectivity index (χ2n) is 5.25. The molecule has 20 heavy (non-hydrogen) atoms. The molecule has 0 radical (unpaired) electrons. The number of hydrogen-bond acceptors (Lipinski definition) is 1. The molecule has 0 heterocycles. The van der Waals surface area contributed by atoms with E-state index >= 15 is 0 Å². The lowest BCUT2D eigenvalue weighted by atomic mass is 10.1. The van der Waals surface area contributed by atoms with Gasteiger partial charge in [-0.1, -0.05) is 60.7 Å². The molecule has 0 aliphatic carbocycles. The van der Waals surface area contributed by atoms with Gasteiger partial charge in [0.1, 0.15) is 0 Å². The van der Waals surface area contributed by atoms with Gasteiger partial charge in [-0.15, -0.1) is 0 Å². The van der Waals surface area contributed by atoms with E-state index < -0.39 is 6.17 Å². The number of rotatable bonds is 7. The third kappa shape index (κ3) is 5.14. The van der Waals surface area contributed by atoms with Gasteiger partial charge in [0.2, 0.25) is 0 Å². The molecular formula is C18H22FN. The van der Waals surface area contributed by atoms with Gasteiger partial charge in [-0.05, 0) is 24.5 Å². The minimum atomic E-state index is -0.746. The maximum atomic E-state index is 13.1. The molecule has 0 bridgehead atoms. The molecule has 1 nitrogen and oxygen atoms in total. The van der Waals surface area contributed by atoms with E-state index in [1.54, 1.807) is 6.92 Å². The van der Waals surface area contributed by atoms with Crippen molar-refractivity contribution in [3.63, 3.8) is 0 Å². The van der Waals surface area contributed by atoms with E-state index in [4.69, 9.17) is 0 Å². The minimum Gasteiger partial charge on any atom is -0.295 e. The molecule has 2 aromatic rings. The summed E-state index contributed by atoms with van der Waals surface area (Å²) in [6, 6.07) is 20.7. The summed E-state index contributed by atoms with van der Waals surface area (Å²) in [7, 11) is 0. The summed E-state index contributed by atoms with van der Waals surface area (Å²) in [6.45, 7) is 4.13. The summed E-state index contributed by atoms with van der Waals surface area (Å²) in [5, 5.41) is 0. The van der Waals surface area contributed by atoms with Crippen LogP contribution in [-0.4, -0.2) is 17.6 Å². The second kappa shape index (κ2) is 7.81. The number of hydrogen-bond donors (Lipinski definition) is 0. The van der Waals surface area contributed by atoms with Crippen LogP contribution in [0.4, 0.5) is 4.39 Å². The Hall–Kier alpha value is -1.67. The molecule has 0 amide bonds. The Morgan fingerprint density at radius 3 is 1.70 bits per heavy atom. The van der Waals surface area contributed by atoms with Gasteiger partial charge in [-0.25, -0.2) is 4.39 Å². The fourth-order valence-electron chi connectivity index (χ4n) is 2.26. The van der Waals surface area contributed by atoms with E-state index in [-0.39, 0.29) is 0 Å². The lowest BCUT2D eigenvalue weighted by Gasteiger charge is -2.23. The summed E-state index contributed by atoms with van der Waals surface area (Å²) >= 11 is 0. The monoisotopic (exact) mass is 271 g/mol. The Bertz CT molecular complexity index is 440. The molecular weight excluding hydrogens is 249 g/mol. The predicted molar refractivity (Wildman–Crippen MR) is 82.2 cm³/mol. The van der Waals surface area contributed by atoms with Gasteiger partial charge in [-0.3, -0.25) is 4.90 Å². The molecule has 2 rings (SSSR count). The first kappa shape index (κ1) is 14.7. The van der Waals surface area contributed by atoms with E-state index in [0.29, 0.717) is 6.42 Å². The largest absolute Gasteiger partial charge is 0.295 e. The highest BCUT2D eigenvalue weighted by Gasteiger charge is 2.09. The molecule has 2 aromatic carbocycles. The third-order valence-electron chi connectivity index (χ3n) is 3.34. The van der Waals surface area contributed by atoms with E-state index in [2.05, 4.69) is 29.2 Å². The molecule has 1 atom stereocenters. The molecule has 1 unspecified atom stereocenters. The summed E-state index contributed by atoms with van der Waals surface area (Å²) in [5.41, 5.74) is 2.55. The predicted octanol–water partition coefficient (Wildman–Crippen LogP) is 4.44. The first-order valence-electron chi connectivity index (χ1n) is 7.18. The molecule has 0 aromatic heterocycles. The van der Waals surface area contributed by atoms with Crippen molar-refractivity contribution in [3.8, 4) is 0 Å². The molecule has 0 N–H and O–H groups in total. The number of halogens is 1. The van der Waals surface area contributed by atoms with Gasteiger partial charge < -0.3 is 0 Å². The van der Waals surface area contributed by atoms with Crippen LogP contribution in [0.25, 0.3) is 0 Å². The summed E-state index contributed by atoms with van der Waals surface area (Å²) in [5.74, 6) is 0. The van der Waals surface area contributed by atoms with E-state index in [0.717, 1.165) is 19.6 Å². The first-order chi connectivity index (χ1) is 9.74. The topological polar surface area (TPSA) is 3.24 Å². The molecule has 0 fully saturated rings. The average molecular weight is 271 g/mol. The van der Waals surface area contributed by atoms with Gasteiger partial charge in [0.15, 0.2) is 0 Å². The van der Waals surface area contributed by atoms with Crippen molar-refractivity contribution < 1.29 is 4.39 Å². The third-order valence-corrected chi connectivity index (χ3v) is 3.34. The zero-order chi connectivity index (χ0) is 14.2. The van der Waals surface area contributed by atoms with Crippen LogP contribution >= 0.6 is 0 Å². The van der Waals surface area contributed by atoms with Crippen LogP contribution in [0.1, 0.15) is 24.5 Å². The highest BCUT2D eigenvalue weighted by Crippen LogP contribution is 2.11. The van der Waals surface area contributed by atoms with Crippen LogP contribution in [0.2, 0.25) is 0 Å². The maximum Gasteiger partial charge on any atom is 0.0985 e. The van der Waals surface area contributed by atoms with Crippen molar-refractivity contribution in [2.24, 2.45) is 0 Å². The molecule has 0 spiro atoms. The summed E-state index contributed by atoms with van der Waals surface area (Å²) < 4.78 is 13.1. The first-order valence-corrected chi connectivity index (χ1v) is 7.18. The van der Waals surface area contributed by atoms with E-state index in [1.807, 2.05) is 36.4 Å². The molecule has 2 heteroatoms. The van der Waals surface area contributed by atoms with Crippen LogP contribution in [0.3, 0.4) is 0 Å². The molecule has 0 aliphatic heterocycles. The smallest absolute Gasteiger partial charge is 0.0985 e. The van der Waals surface area contributed by atoms with Crippen molar-refractivity contribution in [3.05, 3.63) is 71.8 Å². The molecule has 0 aliphatic rings. The lowest BCUT2D eigenvalue weighted by molar-refractivity contribution is 0.218. The van der Waals surface area contributed by atoms with E-state index in [1.165, 1.54) is 11.1 Å². The molecule has 0 saturated carbocycles. The van der Waals surface area contributed by atoms with Crippen LogP contribution in [-0.2, 0) is 13.1 Å². The normalized spacial score (nSPS) is 12.6.